The van der Waals surface area contributed by atoms with Crippen LogP contribution in [0.5, 0.6) is 0 Å². The summed E-state index contributed by atoms with van der Waals surface area (Å²) in [5.41, 5.74) is 3.56. The number of rotatable bonds is 4. The summed E-state index contributed by atoms with van der Waals surface area (Å²) in [6, 6.07) is 8.82. The number of anilines is 1. The fraction of sp³-hybridized carbons (Fsp3) is 0.500. The Morgan fingerprint density at radius 1 is 1.29 bits per heavy atom. The van der Waals surface area contributed by atoms with Gasteiger partial charge in [0.2, 0.25) is 0 Å². The van der Waals surface area contributed by atoms with Gasteiger partial charge >= 0.3 is 0 Å². The van der Waals surface area contributed by atoms with Crippen LogP contribution in [0.4, 0.5) is 5.69 Å². The van der Waals surface area contributed by atoms with Crippen molar-refractivity contribution in [3.63, 3.8) is 0 Å². The molecule has 0 spiro atoms. The van der Waals surface area contributed by atoms with E-state index in [2.05, 4.69) is 66.0 Å². The van der Waals surface area contributed by atoms with Crippen molar-refractivity contribution in [2.75, 3.05) is 17.4 Å². The van der Waals surface area contributed by atoms with E-state index in [4.69, 9.17) is 0 Å². The lowest BCUT2D eigenvalue weighted by Gasteiger charge is -2.17. The van der Waals surface area contributed by atoms with Crippen LogP contribution in [0.1, 0.15) is 31.7 Å². The Balaban J connectivity index is 2.78. The van der Waals surface area contributed by atoms with Gasteiger partial charge in [0.1, 0.15) is 0 Å². The number of benzene rings is 1. The van der Waals surface area contributed by atoms with Gasteiger partial charge in [-0.05, 0) is 30.0 Å². The Hall–Kier alpha value is -0.500. The van der Waals surface area contributed by atoms with Gasteiger partial charge in [0.05, 0.1) is 5.45 Å². The summed E-state index contributed by atoms with van der Waals surface area (Å²) in [4.78, 5) is 2.17. The summed E-state index contributed by atoms with van der Waals surface area (Å²) in [6.07, 6.45) is 1.20. The molecular formula is C12H18BrN. The monoisotopic (exact) mass is 255 g/mol. The van der Waals surface area contributed by atoms with Gasteiger partial charge in [-0.15, -0.1) is 0 Å². The van der Waals surface area contributed by atoms with Crippen LogP contribution in [-0.2, 0) is 0 Å². The molecule has 0 bridgehead atoms. The second kappa shape index (κ2) is 5.40. The third-order valence-electron chi connectivity index (χ3n) is 2.69. The van der Waals surface area contributed by atoms with Crippen LogP contribution in [0.25, 0.3) is 0 Å². The normalized spacial score (nSPS) is 12.6. The summed E-state index contributed by atoms with van der Waals surface area (Å²) in [5.74, 6) is 0.665. The maximum absolute atomic E-state index is 3.44. The molecule has 0 saturated heterocycles. The van der Waals surface area contributed by atoms with Crippen molar-refractivity contribution in [3.05, 3.63) is 29.8 Å². The van der Waals surface area contributed by atoms with E-state index in [0.29, 0.717) is 5.92 Å². The summed E-state index contributed by atoms with van der Waals surface area (Å²) in [6.45, 7) is 4.49. The van der Waals surface area contributed by atoms with Crippen molar-refractivity contribution >= 4 is 21.6 Å². The lowest BCUT2D eigenvalue weighted by Crippen LogP contribution is -2.13. The zero-order valence-corrected chi connectivity index (χ0v) is 10.7. The Morgan fingerprint density at radius 3 is 2.29 bits per heavy atom. The van der Waals surface area contributed by atoms with E-state index >= 15 is 0 Å². The first-order valence-corrected chi connectivity index (χ1v) is 6.18. The second-order valence-electron chi connectivity index (χ2n) is 3.72. The van der Waals surface area contributed by atoms with Gasteiger partial charge in [-0.25, -0.2) is 0 Å². The number of hydrogen-bond acceptors (Lipinski definition) is 1. The van der Waals surface area contributed by atoms with Crippen molar-refractivity contribution in [3.8, 4) is 0 Å². The molecule has 1 aromatic rings. The fourth-order valence-corrected chi connectivity index (χ4v) is 1.65. The Labute approximate surface area is 95.2 Å². The summed E-state index contributed by atoms with van der Waals surface area (Å²) in [7, 11) is 2.08. The molecule has 0 aromatic heterocycles. The number of halogens is 1. The van der Waals surface area contributed by atoms with Crippen LogP contribution in [0.15, 0.2) is 24.3 Å². The van der Waals surface area contributed by atoms with Gasteiger partial charge in [-0.3, -0.25) is 0 Å². The van der Waals surface area contributed by atoms with Gasteiger partial charge in [-0.2, -0.15) is 0 Å². The van der Waals surface area contributed by atoms with Crippen molar-refractivity contribution in [1.82, 2.24) is 0 Å². The first-order chi connectivity index (χ1) is 6.69. The predicted molar refractivity (Wildman–Crippen MR) is 67.3 cm³/mol. The minimum Gasteiger partial charge on any atom is -0.365 e. The van der Waals surface area contributed by atoms with Crippen LogP contribution in [0.2, 0.25) is 0 Å². The van der Waals surface area contributed by atoms with Crippen LogP contribution >= 0.6 is 15.9 Å². The maximum atomic E-state index is 3.44. The molecule has 0 fully saturated rings. The van der Waals surface area contributed by atoms with E-state index in [1.807, 2.05) is 0 Å². The predicted octanol–water partition coefficient (Wildman–Crippen LogP) is 3.99. The van der Waals surface area contributed by atoms with Crippen LogP contribution in [-0.4, -0.2) is 12.5 Å². The zero-order chi connectivity index (χ0) is 10.6. The molecule has 1 atom stereocenters. The van der Waals surface area contributed by atoms with Gasteiger partial charge in [0.25, 0.3) is 0 Å². The van der Waals surface area contributed by atoms with E-state index < -0.39 is 0 Å². The highest BCUT2D eigenvalue weighted by molar-refractivity contribution is 9.09. The third-order valence-corrected chi connectivity index (χ3v) is 3.45. The van der Waals surface area contributed by atoms with E-state index in [-0.39, 0.29) is 0 Å². The maximum Gasteiger partial charge on any atom is 0.0732 e. The van der Waals surface area contributed by atoms with Gasteiger partial charge in [0, 0.05) is 12.7 Å². The van der Waals surface area contributed by atoms with Crippen LogP contribution in [0.3, 0.4) is 0 Å². The second-order valence-corrected chi connectivity index (χ2v) is 4.22. The molecule has 0 aliphatic heterocycles. The first-order valence-electron chi connectivity index (χ1n) is 5.06. The molecule has 0 aliphatic rings. The smallest absolute Gasteiger partial charge is 0.0732 e. The SMILES string of the molecule is CCC(C)c1ccc(N(C)CBr)cc1. The molecule has 0 amide bonds. The summed E-state index contributed by atoms with van der Waals surface area (Å²) in [5, 5.41) is 0. The first kappa shape index (κ1) is 11.6. The van der Waals surface area contributed by atoms with Crippen LogP contribution in [0, 0.1) is 0 Å². The largest absolute Gasteiger partial charge is 0.365 e. The van der Waals surface area contributed by atoms with Crippen molar-refractivity contribution in [1.29, 1.82) is 0 Å². The Kier molecular flexibility index (Phi) is 4.46. The zero-order valence-electron chi connectivity index (χ0n) is 9.13. The molecule has 1 aromatic carbocycles. The standard InChI is InChI=1S/C12H18BrN/c1-4-10(2)11-5-7-12(8-6-11)14(3)9-13/h5-8,10H,4,9H2,1-3H3. The molecule has 1 nitrogen and oxygen atoms in total. The highest BCUT2D eigenvalue weighted by Crippen LogP contribution is 2.21. The minimum atomic E-state index is 0.665. The van der Waals surface area contributed by atoms with Crippen molar-refractivity contribution in [2.45, 2.75) is 26.2 Å². The quantitative estimate of drug-likeness (QED) is 0.581. The summed E-state index contributed by atoms with van der Waals surface area (Å²) >= 11 is 3.44. The lowest BCUT2D eigenvalue weighted by molar-refractivity contribution is 0.733. The molecular weight excluding hydrogens is 238 g/mol. The Bertz CT molecular complexity index is 239. The van der Waals surface area contributed by atoms with E-state index in [1.54, 1.807) is 0 Å². The molecule has 0 aliphatic carbocycles. The van der Waals surface area contributed by atoms with Gasteiger partial charge in [0.15, 0.2) is 0 Å². The average molecular weight is 256 g/mol. The van der Waals surface area contributed by atoms with Crippen molar-refractivity contribution in [2.24, 2.45) is 0 Å². The molecule has 1 rings (SSSR count). The van der Waals surface area contributed by atoms with Crippen LogP contribution < -0.4 is 4.90 Å². The van der Waals surface area contributed by atoms with Crippen molar-refractivity contribution < 1.29 is 0 Å². The average Bonchev–Trinajstić information content (AvgIpc) is 2.27. The van der Waals surface area contributed by atoms with Gasteiger partial charge in [-0.1, -0.05) is 41.9 Å². The molecule has 1 unspecified atom stereocenters. The molecule has 0 radical (unpaired) electrons. The highest BCUT2D eigenvalue weighted by Gasteiger charge is 2.03. The minimum absolute atomic E-state index is 0.665. The lowest BCUT2D eigenvalue weighted by atomic mass is 9.98. The number of alkyl halides is 1. The summed E-state index contributed by atoms with van der Waals surface area (Å²) < 4.78 is 0. The van der Waals surface area contributed by atoms with E-state index in [0.717, 1.165) is 5.45 Å². The molecule has 78 valence electrons. The van der Waals surface area contributed by atoms with E-state index in [9.17, 15) is 0 Å². The molecule has 0 heterocycles. The Morgan fingerprint density at radius 2 is 1.86 bits per heavy atom. The fourth-order valence-electron chi connectivity index (χ4n) is 1.36. The molecule has 2 heteroatoms. The molecule has 0 N–H and O–H groups in total. The highest BCUT2D eigenvalue weighted by atomic mass is 79.9. The topological polar surface area (TPSA) is 3.24 Å². The molecule has 0 saturated carbocycles. The third kappa shape index (κ3) is 2.74. The number of hydrogen-bond donors (Lipinski definition) is 0. The number of nitrogens with zero attached hydrogens (tertiary/aromatic N) is 1. The molecule has 14 heavy (non-hydrogen) atoms. The van der Waals surface area contributed by atoms with E-state index in [1.165, 1.54) is 17.7 Å². The van der Waals surface area contributed by atoms with Gasteiger partial charge < -0.3 is 4.90 Å².